The van der Waals surface area contributed by atoms with E-state index in [1.54, 1.807) is 6.20 Å². The lowest BCUT2D eigenvalue weighted by molar-refractivity contribution is 0.483. The van der Waals surface area contributed by atoms with Crippen LogP contribution in [0.3, 0.4) is 0 Å². The van der Waals surface area contributed by atoms with Crippen molar-refractivity contribution in [2.24, 2.45) is 0 Å². The quantitative estimate of drug-likeness (QED) is 0.577. The first-order valence-electron chi connectivity index (χ1n) is 6.14. The molecular formula is C16H11BrClNO. The van der Waals surface area contributed by atoms with Gasteiger partial charge in [-0.15, -0.1) is 0 Å². The minimum absolute atomic E-state index is 0.675. The molecule has 0 atom stereocenters. The smallest absolute Gasteiger partial charge is 0.153 e. The molecule has 0 amide bonds. The summed E-state index contributed by atoms with van der Waals surface area (Å²) in [5.41, 5.74) is 1.86. The van der Waals surface area contributed by atoms with Gasteiger partial charge in [0.25, 0.3) is 0 Å². The van der Waals surface area contributed by atoms with Crippen molar-refractivity contribution in [3.8, 4) is 11.5 Å². The highest BCUT2D eigenvalue weighted by Gasteiger charge is 2.09. The summed E-state index contributed by atoms with van der Waals surface area (Å²) in [6.07, 6.45) is 1.74. The molecule has 0 aliphatic carbocycles. The average Bonchev–Trinajstić information content (AvgIpc) is 2.51. The molecule has 3 rings (SSSR count). The van der Waals surface area contributed by atoms with E-state index in [0.29, 0.717) is 10.8 Å². The first kappa shape index (κ1) is 13.4. The van der Waals surface area contributed by atoms with Crippen LogP contribution >= 0.6 is 27.5 Å². The van der Waals surface area contributed by atoms with Crippen molar-refractivity contribution in [1.82, 2.24) is 4.98 Å². The lowest BCUT2D eigenvalue weighted by Gasteiger charge is -2.11. The van der Waals surface area contributed by atoms with Crippen LogP contribution in [0.15, 0.2) is 54.7 Å². The number of rotatable bonds is 3. The zero-order valence-corrected chi connectivity index (χ0v) is 12.9. The van der Waals surface area contributed by atoms with E-state index >= 15 is 0 Å². The van der Waals surface area contributed by atoms with Crippen LogP contribution in [-0.4, -0.2) is 4.98 Å². The van der Waals surface area contributed by atoms with Crippen LogP contribution in [0.5, 0.6) is 11.5 Å². The van der Waals surface area contributed by atoms with E-state index in [4.69, 9.17) is 16.3 Å². The van der Waals surface area contributed by atoms with Gasteiger partial charge < -0.3 is 4.74 Å². The predicted molar refractivity (Wildman–Crippen MR) is 85.9 cm³/mol. The van der Waals surface area contributed by atoms with Crippen LogP contribution in [0.4, 0.5) is 0 Å². The fourth-order valence-electron chi connectivity index (χ4n) is 2.03. The Morgan fingerprint density at radius 2 is 1.85 bits per heavy atom. The molecule has 0 N–H and O–H groups in total. The molecule has 4 heteroatoms. The molecule has 0 saturated heterocycles. The van der Waals surface area contributed by atoms with Gasteiger partial charge in [-0.2, -0.15) is 0 Å². The molecule has 20 heavy (non-hydrogen) atoms. The SMILES string of the molecule is Clc1ccc(Oc2ccccc2CBr)c2ncccc12. The van der Waals surface area contributed by atoms with Gasteiger partial charge in [0.2, 0.25) is 0 Å². The van der Waals surface area contributed by atoms with E-state index in [1.807, 2.05) is 48.5 Å². The Morgan fingerprint density at radius 3 is 2.70 bits per heavy atom. The summed E-state index contributed by atoms with van der Waals surface area (Å²) >= 11 is 9.65. The molecule has 100 valence electrons. The fraction of sp³-hybridized carbons (Fsp3) is 0.0625. The number of alkyl halides is 1. The molecule has 0 radical (unpaired) electrons. The molecule has 3 aromatic rings. The van der Waals surface area contributed by atoms with Gasteiger partial charge in [0, 0.05) is 22.5 Å². The Hall–Kier alpha value is -1.58. The van der Waals surface area contributed by atoms with Crippen molar-refractivity contribution >= 4 is 38.4 Å². The van der Waals surface area contributed by atoms with Crippen LogP contribution in [0, 0.1) is 0 Å². The first-order valence-corrected chi connectivity index (χ1v) is 7.64. The monoisotopic (exact) mass is 347 g/mol. The van der Waals surface area contributed by atoms with Gasteiger partial charge in [-0.3, -0.25) is 4.98 Å². The van der Waals surface area contributed by atoms with Gasteiger partial charge in [0.1, 0.15) is 11.3 Å². The van der Waals surface area contributed by atoms with E-state index in [2.05, 4.69) is 20.9 Å². The van der Waals surface area contributed by atoms with Crippen LogP contribution in [0.1, 0.15) is 5.56 Å². The number of halogens is 2. The van der Waals surface area contributed by atoms with E-state index in [1.165, 1.54) is 0 Å². The molecule has 1 aromatic heterocycles. The Labute approximate surface area is 130 Å². The molecular weight excluding hydrogens is 338 g/mol. The molecule has 0 aliphatic rings. The number of para-hydroxylation sites is 1. The second-order valence-corrected chi connectivity index (χ2v) is 5.26. The van der Waals surface area contributed by atoms with Crippen molar-refractivity contribution in [3.63, 3.8) is 0 Å². The predicted octanol–water partition coefficient (Wildman–Crippen LogP) is 5.58. The zero-order chi connectivity index (χ0) is 13.9. The van der Waals surface area contributed by atoms with Gasteiger partial charge in [-0.05, 0) is 30.3 Å². The number of fused-ring (bicyclic) bond motifs is 1. The molecule has 2 aromatic carbocycles. The minimum Gasteiger partial charge on any atom is -0.455 e. The highest BCUT2D eigenvalue weighted by molar-refractivity contribution is 9.08. The van der Waals surface area contributed by atoms with E-state index in [0.717, 1.165) is 27.5 Å². The van der Waals surface area contributed by atoms with Crippen LogP contribution < -0.4 is 4.74 Å². The zero-order valence-electron chi connectivity index (χ0n) is 10.5. The minimum atomic E-state index is 0.675. The number of hydrogen-bond acceptors (Lipinski definition) is 2. The molecule has 0 spiro atoms. The van der Waals surface area contributed by atoms with Crippen LogP contribution in [-0.2, 0) is 5.33 Å². The molecule has 0 unspecified atom stereocenters. The van der Waals surface area contributed by atoms with Crippen molar-refractivity contribution in [1.29, 1.82) is 0 Å². The van der Waals surface area contributed by atoms with Crippen molar-refractivity contribution in [3.05, 3.63) is 65.3 Å². The van der Waals surface area contributed by atoms with Gasteiger partial charge in [-0.25, -0.2) is 0 Å². The first-order chi connectivity index (χ1) is 9.79. The number of pyridine rings is 1. The van der Waals surface area contributed by atoms with Crippen LogP contribution in [0.25, 0.3) is 10.9 Å². The molecule has 0 saturated carbocycles. The molecule has 0 fully saturated rings. The standard InChI is InChI=1S/C16H11BrClNO/c17-10-11-4-1-2-6-14(11)20-15-8-7-13(18)12-5-3-9-19-16(12)15/h1-9H,10H2. The number of benzene rings is 2. The highest BCUT2D eigenvalue weighted by Crippen LogP contribution is 2.34. The van der Waals surface area contributed by atoms with Crippen LogP contribution in [0.2, 0.25) is 5.02 Å². The lowest BCUT2D eigenvalue weighted by Crippen LogP contribution is -1.91. The van der Waals surface area contributed by atoms with Gasteiger partial charge >= 0.3 is 0 Å². The summed E-state index contributed by atoms with van der Waals surface area (Å²) in [5, 5.41) is 2.31. The van der Waals surface area contributed by atoms with Gasteiger partial charge in [0.05, 0.1) is 5.02 Å². The normalized spacial score (nSPS) is 10.7. The largest absolute Gasteiger partial charge is 0.455 e. The molecule has 1 heterocycles. The summed E-state index contributed by atoms with van der Waals surface area (Å²) in [4.78, 5) is 4.37. The maximum absolute atomic E-state index is 6.19. The summed E-state index contributed by atoms with van der Waals surface area (Å²) in [6, 6.07) is 15.4. The number of ether oxygens (including phenoxy) is 1. The Kier molecular flexibility index (Phi) is 3.90. The number of aromatic nitrogens is 1. The molecule has 2 nitrogen and oxygen atoms in total. The summed E-state index contributed by atoms with van der Waals surface area (Å²) < 4.78 is 6.02. The Morgan fingerprint density at radius 1 is 1.00 bits per heavy atom. The maximum atomic E-state index is 6.19. The third-order valence-electron chi connectivity index (χ3n) is 3.02. The summed E-state index contributed by atoms with van der Waals surface area (Å²) in [7, 11) is 0. The topological polar surface area (TPSA) is 22.1 Å². The van der Waals surface area contributed by atoms with Gasteiger partial charge in [0.15, 0.2) is 5.75 Å². The second kappa shape index (κ2) is 5.81. The Bertz CT molecular complexity index is 760. The summed E-state index contributed by atoms with van der Waals surface area (Å²) in [5.74, 6) is 1.53. The Balaban J connectivity index is 2.09. The summed E-state index contributed by atoms with van der Waals surface area (Å²) in [6.45, 7) is 0. The number of hydrogen-bond donors (Lipinski definition) is 0. The molecule has 0 bridgehead atoms. The van der Waals surface area contributed by atoms with E-state index in [9.17, 15) is 0 Å². The van der Waals surface area contributed by atoms with E-state index < -0.39 is 0 Å². The number of nitrogens with zero attached hydrogens (tertiary/aromatic N) is 1. The third kappa shape index (κ3) is 2.51. The van der Waals surface area contributed by atoms with E-state index in [-0.39, 0.29) is 0 Å². The van der Waals surface area contributed by atoms with Crippen molar-refractivity contribution in [2.75, 3.05) is 0 Å². The maximum Gasteiger partial charge on any atom is 0.153 e. The average molecular weight is 349 g/mol. The lowest BCUT2D eigenvalue weighted by atomic mass is 10.2. The van der Waals surface area contributed by atoms with Crippen molar-refractivity contribution in [2.45, 2.75) is 5.33 Å². The van der Waals surface area contributed by atoms with Gasteiger partial charge in [-0.1, -0.05) is 45.7 Å². The third-order valence-corrected chi connectivity index (χ3v) is 3.95. The second-order valence-electron chi connectivity index (χ2n) is 4.29. The molecule has 0 aliphatic heterocycles. The highest BCUT2D eigenvalue weighted by atomic mass is 79.9. The van der Waals surface area contributed by atoms with Crippen molar-refractivity contribution < 1.29 is 4.74 Å². The fourth-order valence-corrected chi connectivity index (χ4v) is 2.71.